The molecule has 0 radical (unpaired) electrons. The Morgan fingerprint density at radius 3 is 2.48 bits per heavy atom. The van der Waals surface area contributed by atoms with Gasteiger partial charge in [-0.25, -0.2) is 0 Å². The van der Waals surface area contributed by atoms with Crippen LogP contribution in [0.5, 0.6) is 0 Å². The Morgan fingerprint density at radius 1 is 1.15 bits per heavy atom. The molecule has 0 unspecified atom stereocenters. The smallest absolute Gasteiger partial charge is 0.358 e. The molecule has 0 spiro atoms. The molecule has 3 aromatic rings. The predicted molar refractivity (Wildman–Crippen MR) is 112 cm³/mol. The van der Waals surface area contributed by atoms with Gasteiger partial charge < -0.3 is 25.3 Å². The van der Waals surface area contributed by atoms with Gasteiger partial charge in [0.15, 0.2) is 5.82 Å². The number of rotatable bonds is 9. The lowest BCUT2D eigenvalue weighted by atomic mass is 10.2. The van der Waals surface area contributed by atoms with Gasteiger partial charge in [0.05, 0.1) is 15.7 Å². The van der Waals surface area contributed by atoms with E-state index in [1.54, 1.807) is 6.92 Å². The van der Waals surface area contributed by atoms with Gasteiger partial charge in [-0.1, -0.05) is 11.2 Å². The summed E-state index contributed by atoms with van der Waals surface area (Å²) in [5.41, 5.74) is 0.366. The molecule has 2 N–H and O–H groups in total. The maximum Gasteiger partial charge on any atom is 0.404 e. The predicted octanol–water partition coefficient (Wildman–Crippen LogP) is 1.36. The van der Waals surface area contributed by atoms with Crippen LogP contribution >= 0.6 is 15.9 Å². The average molecular weight is 523 g/mol. The standard InChI is InChI=1S/C17H15BrN8O7/c1-9-13(18)14(26(31)32)22-24(9)8-12-21-17(33-23-12)16(28)20-6-5-19-15(27)10-3-2-4-11(7-10)25(29)30/h2-4,7H,5-6,8H2,1H3,(H,19,27)(H,20,28). The monoisotopic (exact) mass is 522 g/mol. The van der Waals surface area contributed by atoms with Crippen LogP contribution in [0.25, 0.3) is 0 Å². The lowest BCUT2D eigenvalue weighted by Crippen LogP contribution is -2.34. The van der Waals surface area contributed by atoms with Gasteiger partial charge in [-0.15, -0.1) is 0 Å². The number of hydrogen-bond acceptors (Lipinski definition) is 10. The first-order chi connectivity index (χ1) is 15.7. The summed E-state index contributed by atoms with van der Waals surface area (Å²) in [6, 6.07) is 5.23. The molecule has 0 aliphatic carbocycles. The summed E-state index contributed by atoms with van der Waals surface area (Å²) in [5, 5.41) is 34.2. The van der Waals surface area contributed by atoms with Crippen molar-refractivity contribution in [2.45, 2.75) is 13.5 Å². The number of nitro groups is 2. The Balaban J connectivity index is 1.51. The number of nitrogens with zero attached hydrogens (tertiary/aromatic N) is 6. The molecular weight excluding hydrogens is 508 g/mol. The minimum atomic E-state index is -0.692. The molecule has 0 aliphatic rings. The van der Waals surface area contributed by atoms with E-state index in [1.165, 1.54) is 22.9 Å². The first kappa shape index (κ1) is 23.5. The van der Waals surface area contributed by atoms with E-state index in [2.05, 4.69) is 41.8 Å². The van der Waals surface area contributed by atoms with Gasteiger partial charge in [0, 0.05) is 30.8 Å². The molecule has 2 amide bonds. The first-order valence-electron chi connectivity index (χ1n) is 9.18. The number of aromatic nitrogens is 4. The highest BCUT2D eigenvalue weighted by molar-refractivity contribution is 9.10. The van der Waals surface area contributed by atoms with E-state index in [9.17, 15) is 29.8 Å². The molecule has 0 bridgehead atoms. The van der Waals surface area contributed by atoms with Gasteiger partial charge in [0.2, 0.25) is 0 Å². The molecule has 2 aromatic heterocycles. The van der Waals surface area contributed by atoms with E-state index >= 15 is 0 Å². The van der Waals surface area contributed by atoms with Crippen molar-refractivity contribution < 1.29 is 24.0 Å². The van der Waals surface area contributed by atoms with Crippen molar-refractivity contribution in [3.05, 3.63) is 71.9 Å². The minimum Gasteiger partial charge on any atom is -0.358 e. The summed E-state index contributed by atoms with van der Waals surface area (Å²) in [7, 11) is 0. The zero-order valence-corrected chi connectivity index (χ0v) is 18.4. The van der Waals surface area contributed by atoms with Gasteiger partial charge in [-0.3, -0.25) is 19.7 Å². The third kappa shape index (κ3) is 5.53. The molecule has 2 heterocycles. The fourth-order valence-corrected chi connectivity index (χ4v) is 3.04. The number of benzene rings is 1. The third-order valence-electron chi connectivity index (χ3n) is 4.26. The van der Waals surface area contributed by atoms with Crippen molar-refractivity contribution in [2.75, 3.05) is 13.1 Å². The summed E-state index contributed by atoms with van der Waals surface area (Å²) >= 11 is 3.10. The van der Waals surface area contributed by atoms with Gasteiger partial charge in [0.25, 0.3) is 11.6 Å². The van der Waals surface area contributed by atoms with Crippen LogP contribution in [0, 0.1) is 27.2 Å². The van der Waals surface area contributed by atoms with E-state index in [1.807, 2.05) is 0 Å². The van der Waals surface area contributed by atoms with Gasteiger partial charge >= 0.3 is 17.6 Å². The van der Waals surface area contributed by atoms with E-state index < -0.39 is 21.7 Å². The fourth-order valence-electron chi connectivity index (χ4n) is 2.61. The molecular formula is C17H15BrN8O7. The number of amides is 2. The van der Waals surface area contributed by atoms with Crippen molar-refractivity contribution in [3.8, 4) is 0 Å². The maximum absolute atomic E-state index is 12.1. The van der Waals surface area contributed by atoms with E-state index in [-0.39, 0.29) is 52.9 Å². The van der Waals surface area contributed by atoms with Gasteiger partial charge in [-0.2, -0.15) is 9.67 Å². The lowest BCUT2D eigenvalue weighted by Gasteiger charge is -2.05. The maximum atomic E-state index is 12.1. The zero-order valence-electron chi connectivity index (χ0n) is 16.8. The Kier molecular flexibility index (Phi) is 7.07. The Morgan fingerprint density at radius 2 is 1.85 bits per heavy atom. The van der Waals surface area contributed by atoms with Crippen LogP contribution in [0.15, 0.2) is 33.3 Å². The molecule has 15 nitrogen and oxygen atoms in total. The van der Waals surface area contributed by atoms with Gasteiger partial charge in [0.1, 0.15) is 11.0 Å². The summed E-state index contributed by atoms with van der Waals surface area (Å²) in [6.45, 7) is 1.61. The average Bonchev–Trinajstić information content (AvgIpc) is 3.37. The summed E-state index contributed by atoms with van der Waals surface area (Å²) in [5.74, 6) is -1.85. The van der Waals surface area contributed by atoms with Crippen molar-refractivity contribution in [2.24, 2.45) is 0 Å². The number of halogens is 1. The second-order valence-corrected chi connectivity index (χ2v) is 7.27. The van der Waals surface area contributed by atoms with Crippen LogP contribution in [0.3, 0.4) is 0 Å². The minimum absolute atomic E-state index is 0.0224. The van der Waals surface area contributed by atoms with Crippen LogP contribution < -0.4 is 10.6 Å². The second kappa shape index (κ2) is 9.94. The number of carbonyl (C=O) groups is 2. The summed E-state index contributed by atoms with van der Waals surface area (Å²) in [4.78, 5) is 48.6. The molecule has 0 saturated heterocycles. The normalized spacial score (nSPS) is 10.6. The topological polar surface area (TPSA) is 201 Å². The first-order valence-corrected chi connectivity index (χ1v) is 9.97. The number of hydrogen-bond donors (Lipinski definition) is 2. The largest absolute Gasteiger partial charge is 0.404 e. The molecule has 1 aromatic carbocycles. The number of carbonyl (C=O) groups excluding carboxylic acids is 2. The molecule has 0 fully saturated rings. The van der Waals surface area contributed by atoms with Crippen LogP contribution in [0.1, 0.15) is 32.6 Å². The highest BCUT2D eigenvalue weighted by atomic mass is 79.9. The molecule has 33 heavy (non-hydrogen) atoms. The summed E-state index contributed by atoms with van der Waals surface area (Å²) < 4.78 is 6.41. The van der Waals surface area contributed by atoms with Crippen molar-refractivity contribution in [1.29, 1.82) is 0 Å². The SMILES string of the molecule is Cc1c(Br)c([N+](=O)[O-])nn1Cc1noc(C(=O)NCCNC(=O)c2cccc([N+](=O)[O-])c2)n1. The van der Waals surface area contributed by atoms with Crippen LogP contribution in [-0.2, 0) is 6.54 Å². The molecule has 3 rings (SSSR count). The van der Waals surface area contributed by atoms with Crippen molar-refractivity contribution in [3.63, 3.8) is 0 Å². The zero-order chi connectivity index (χ0) is 24.1. The Hall–Kier alpha value is -4.21. The fraction of sp³-hybridized carbons (Fsp3) is 0.235. The Labute approximate surface area is 192 Å². The molecule has 0 aliphatic heterocycles. The van der Waals surface area contributed by atoms with E-state index in [0.29, 0.717) is 5.69 Å². The molecule has 172 valence electrons. The van der Waals surface area contributed by atoms with Crippen LogP contribution in [0.2, 0.25) is 0 Å². The molecule has 0 saturated carbocycles. The third-order valence-corrected chi connectivity index (χ3v) is 5.19. The Bertz CT molecular complexity index is 1240. The van der Waals surface area contributed by atoms with Crippen LogP contribution in [-0.4, -0.2) is 54.7 Å². The lowest BCUT2D eigenvalue weighted by molar-refractivity contribution is -0.390. The molecule has 0 atom stereocenters. The highest BCUT2D eigenvalue weighted by Crippen LogP contribution is 2.27. The van der Waals surface area contributed by atoms with Crippen molar-refractivity contribution >= 4 is 39.2 Å². The second-order valence-electron chi connectivity index (χ2n) is 6.47. The van der Waals surface area contributed by atoms with Crippen LogP contribution in [0.4, 0.5) is 11.5 Å². The highest BCUT2D eigenvalue weighted by Gasteiger charge is 2.25. The quantitative estimate of drug-likeness (QED) is 0.234. The van der Waals surface area contributed by atoms with Gasteiger partial charge in [-0.05, 0) is 33.8 Å². The van der Waals surface area contributed by atoms with Crippen molar-refractivity contribution in [1.82, 2.24) is 30.6 Å². The number of nitrogens with one attached hydrogen (secondary N) is 2. The van der Waals surface area contributed by atoms with E-state index in [0.717, 1.165) is 6.07 Å². The number of non-ortho nitro benzene ring substituents is 1. The van der Waals surface area contributed by atoms with E-state index in [4.69, 9.17) is 4.52 Å². The summed E-state index contributed by atoms with van der Waals surface area (Å²) in [6.07, 6.45) is 0. The number of nitro benzene ring substituents is 1. The molecule has 16 heteroatoms.